The lowest BCUT2D eigenvalue weighted by Crippen LogP contribution is -2.57. The Balaban J connectivity index is 0.962. The molecule has 1 aromatic heterocycles. The smallest absolute Gasteiger partial charge is 0.293 e. The SMILES string of the molecule is Cc1ccccc1Oc1ccc(/C=C2\SC(=O)N(CCOCCC(=O)N[C@H](C(=O)N3C[C@H](O)C[C@H]3C(=O)NCc3ccc(-c4sccc4C)cc3)C(C)(C)C)C2=O)cc1C. The zero-order chi connectivity index (χ0) is 43.1. The van der Waals surface area contributed by atoms with Gasteiger partial charge in [-0.1, -0.05) is 69.3 Å². The van der Waals surface area contributed by atoms with Gasteiger partial charge >= 0.3 is 0 Å². The molecule has 2 saturated heterocycles. The highest BCUT2D eigenvalue weighted by Crippen LogP contribution is 2.34. The van der Waals surface area contributed by atoms with Gasteiger partial charge in [0.05, 0.1) is 30.8 Å². The van der Waals surface area contributed by atoms with Crippen LogP contribution in [-0.4, -0.2) is 88.3 Å². The van der Waals surface area contributed by atoms with E-state index in [-0.39, 0.29) is 51.6 Å². The van der Waals surface area contributed by atoms with Crippen LogP contribution < -0.4 is 15.4 Å². The van der Waals surface area contributed by atoms with Crippen LogP contribution in [0.2, 0.25) is 0 Å². The van der Waals surface area contributed by atoms with E-state index in [0.29, 0.717) is 10.7 Å². The molecule has 2 aliphatic heterocycles. The van der Waals surface area contributed by atoms with E-state index < -0.39 is 46.6 Å². The Kier molecular flexibility index (Phi) is 14.3. The lowest BCUT2D eigenvalue weighted by atomic mass is 9.85. The standard InChI is InChI=1S/C46H52N4O8S2/c1-28-9-7-8-10-36(28)58-37-16-13-32(23-30(37)3)24-38-43(54)49(45(56)60-38)19-21-57-20-17-39(52)48-41(46(4,5)6)44(55)50-27-34(51)25-35(50)42(53)47-26-31-11-14-33(15-12-31)40-29(2)18-22-59-40/h7-16,18,22-24,34-35,41,51H,17,19-21,25-27H2,1-6H3,(H,47,53)(H,48,52)/b38-24-/t34-,35+,41-/m1/s1. The number of carbonyl (C=O) groups is 5. The number of thioether (sulfide) groups is 1. The summed E-state index contributed by atoms with van der Waals surface area (Å²) in [6.07, 6.45) is 0.796. The van der Waals surface area contributed by atoms with Crippen molar-refractivity contribution < 1.29 is 38.6 Å². The number of carbonyl (C=O) groups excluding carboxylic acids is 5. The molecule has 3 N–H and O–H groups in total. The van der Waals surface area contributed by atoms with E-state index in [4.69, 9.17) is 9.47 Å². The van der Waals surface area contributed by atoms with Crippen molar-refractivity contribution >= 4 is 58.0 Å². The van der Waals surface area contributed by atoms with Gasteiger partial charge in [0, 0.05) is 30.8 Å². The first-order valence-electron chi connectivity index (χ1n) is 20.0. The van der Waals surface area contributed by atoms with E-state index in [9.17, 15) is 29.1 Å². The Morgan fingerprint density at radius 2 is 1.67 bits per heavy atom. The van der Waals surface area contributed by atoms with Crippen LogP contribution in [0.5, 0.6) is 11.5 Å². The second-order valence-electron chi connectivity index (χ2n) is 16.2. The molecule has 12 nitrogen and oxygen atoms in total. The number of β-amino-alcohol motifs (C(OH)–C–C–N with tert-alkyl or cyclic N) is 1. The molecule has 0 unspecified atom stereocenters. The van der Waals surface area contributed by atoms with Gasteiger partial charge in [-0.25, -0.2) is 0 Å². The molecule has 4 aromatic rings. The second kappa shape index (κ2) is 19.4. The number of nitrogens with zero attached hydrogens (tertiary/aromatic N) is 2. The summed E-state index contributed by atoms with van der Waals surface area (Å²) in [5.41, 5.74) is 5.13. The second-order valence-corrected chi connectivity index (χ2v) is 18.1. The number of nitrogens with one attached hydrogen (secondary N) is 2. The maximum atomic E-state index is 14.0. The average Bonchev–Trinajstić information content (AvgIpc) is 3.90. The molecule has 0 saturated carbocycles. The number of aliphatic hydroxyl groups is 1. The van der Waals surface area contributed by atoms with E-state index in [1.54, 1.807) is 17.4 Å². The maximum Gasteiger partial charge on any atom is 0.293 e. The van der Waals surface area contributed by atoms with Crippen molar-refractivity contribution in [3.8, 4) is 21.9 Å². The first kappa shape index (κ1) is 44.3. The number of ether oxygens (including phenoxy) is 2. The van der Waals surface area contributed by atoms with Crippen molar-refractivity contribution in [2.45, 2.75) is 79.1 Å². The topological polar surface area (TPSA) is 155 Å². The molecule has 6 rings (SSSR count). The van der Waals surface area contributed by atoms with Gasteiger partial charge in [-0.05, 0) is 107 Å². The molecule has 14 heteroatoms. The minimum atomic E-state index is -0.985. The van der Waals surface area contributed by atoms with Crippen molar-refractivity contribution in [1.29, 1.82) is 0 Å². The van der Waals surface area contributed by atoms with Gasteiger partial charge in [-0.15, -0.1) is 11.3 Å². The van der Waals surface area contributed by atoms with Crippen LogP contribution in [-0.2, 0) is 30.5 Å². The Labute approximate surface area is 359 Å². The number of thiophene rings is 1. The summed E-state index contributed by atoms with van der Waals surface area (Å²) in [6.45, 7) is 11.7. The number of likely N-dealkylation sites (tertiary alicyclic amines) is 1. The predicted molar refractivity (Wildman–Crippen MR) is 234 cm³/mol. The monoisotopic (exact) mass is 852 g/mol. The number of aryl methyl sites for hydroxylation is 3. The van der Waals surface area contributed by atoms with E-state index in [0.717, 1.165) is 50.2 Å². The van der Waals surface area contributed by atoms with E-state index in [1.807, 2.05) is 101 Å². The number of benzene rings is 3. The molecule has 0 aliphatic carbocycles. The minimum Gasteiger partial charge on any atom is -0.457 e. The van der Waals surface area contributed by atoms with Crippen LogP contribution in [0.1, 0.15) is 61.4 Å². The highest BCUT2D eigenvalue weighted by Gasteiger charge is 2.44. The fourth-order valence-corrected chi connectivity index (χ4v) is 8.84. The molecule has 2 aliphatic rings. The molecule has 316 valence electrons. The first-order chi connectivity index (χ1) is 28.6. The summed E-state index contributed by atoms with van der Waals surface area (Å²) in [5, 5.41) is 17.9. The summed E-state index contributed by atoms with van der Waals surface area (Å²) in [4.78, 5) is 70.4. The zero-order valence-electron chi connectivity index (χ0n) is 34.8. The van der Waals surface area contributed by atoms with Gasteiger partial charge in [-0.3, -0.25) is 28.9 Å². The molecule has 0 spiro atoms. The van der Waals surface area contributed by atoms with E-state index in [2.05, 4.69) is 29.0 Å². The van der Waals surface area contributed by atoms with Crippen LogP contribution in [0.25, 0.3) is 16.5 Å². The van der Waals surface area contributed by atoms with Gasteiger partial charge < -0.3 is 30.1 Å². The number of aliphatic hydroxyl groups excluding tert-OH is 1. The van der Waals surface area contributed by atoms with Crippen molar-refractivity contribution in [1.82, 2.24) is 20.4 Å². The molecule has 3 heterocycles. The molecule has 2 fully saturated rings. The number of hydrogen-bond donors (Lipinski definition) is 3. The Hall–Kier alpha value is -5.28. The van der Waals surface area contributed by atoms with Crippen LogP contribution >= 0.6 is 23.1 Å². The number of hydrogen-bond acceptors (Lipinski definition) is 10. The first-order valence-corrected chi connectivity index (χ1v) is 21.6. The summed E-state index contributed by atoms with van der Waals surface area (Å²) >= 11 is 2.53. The summed E-state index contributed by atoms with van der Waals surface area (Å²) in [6, 6.07) is 21.4. The lowest BCUT2D eigenvalue weighted by molar-refractivity contribution is -0.144. The van der Waals surface area contributed by atoms with Crippen LogP contribution in [0.4, 0.5) is 4.79 Å². The number of rotatable bonds is 15. The van der Waals surface area contributed by atoms with Crippen molar-refractivity contribution in [3.63, 3.8) is 0 Å². The van der Waals surface area contributed by atoms with Crippen molar-refractivity contribution in [3.05, 3.63) is 111 Å². The molecular formula is C46H52N4O8S2. The van der Waals surface area contributed by atoms with Gasteiger partial charge in [-0.2, -0.15) is 0 Å². The Morgan fingerprint density at radius 1 is 0.933 bits per heavy atom. The fraction of sp³-hybridized carbons (Fsp3) is 0.370. The molecule has 3 atom stereocenters. The average molecular weight is 853 g/mol. The number of amides is 5. The summed E-state index contributed by atoms with van der Waals surface area (Å²) < 4.78 is 11.7. The predicted octanol–water partition coefficient (Wildman–Crippen LogP) is 7.38. The van der Waals surface area contributed by atoms with Gasteiger partial charge in [0.1, 0.15) is 23.6 Å². The van der Waals surface area contributed by atoms with Gasteiger partial charge in [0.25, 0.3) is 11.1 Å². The molecule has 0 radical (unpaired) electrons. The molecule has 0 bridgehead atoms. The number of para-hydroxylation sites is 1. The van der Waals surface area contributed by atoms with E-state index >= 15 is 0 Å². The Bertz CT molecular complexity index is 2260. The third-order valence-corrected chi connectivity index (χ3v) is 12.4. The van der Waals surface area contributed by atoms with Crippen molar-refractivity contribution in [2.75, 3.05) is 26.3 Å². The normalized spacial score (nSPS) is 17.9. The van der Waals surface area contributed by atoms with Gasteiger partial charge in [0.2, 0.25) is 17.7 Å². The van der Waals surface area contributed by atoms with E-state index in [1.165, 1.54) is 15.3 Å². The summed E-state index contributed by atoms with van der Waals surface area (Å²) in [7, 11) is 0. The highest BCUT2D eigenvalue weighted by molar-refractivity contribution is 8.18. The molecule has 3 aromatic carbocycles. The fourth-order valence-electron chi connectivity index (χ4n) is 7.04. The summed E-state index contributed by atoms with van der Waals surface area (Å²) in [5.74, 6) is -0.249. The largest absolute Gasteiger partial charge is 0.457 e. The number of imide groups is 1. The lowest BCUT2D eigenvalue weighted by Gasteiger charge is -2.35. The zero-order valence-corrected chi connectivity index (χ0v) is 36.4. The van der Waals surface area contributed by atoms with Gasteiger partial charge in [0.15, 0.2) is 0 Å². The maximum absolute atomic E-state index is 14.0. The quantitative estimate of drug-likeness (QED) is 0.0821. The third kappa shape index (κ3) is 10.9. The highest BCUT2D eigenvalue weighted by atomic mass is 32.2. The molecule has 60 heavy (non-hydrogen) atoms. The Morgan fingerprint density at radius 3 is 2.35 bits per heavy atom. The van der Waals surface area contributed by atoms with Crippen molar-refractivity contribution in [2.24, 2.45) is 5.41 Å². The third-order valence-electron chi connectivity index (χ3n) is 10.4. The van der Waals surface area contributed by atoms with Crippen LogP contribution in [0.3, 0.4) is 0 Å². The molecule has 5 amide bonds. The minimum absolute atomic E-state index is 0.00978. The van der Waals surface area contributed by atoms with Crippen LogP contribution in [0, 0.1) is 26.2 Å². The molecular weight excluding hydrogens is 801 g/mol. The van der Waals surface area contributed by atoms with Crippen LogP contribution in [0.15, 0.2) is 83.1 Å².